The van der Waals surface area contributed by atoms with Gasteiger partial charge in [0.05, 0.1) is 0 Å². The molecule has 0 spiro atoms. The summed E-state index contributed by atoms with van der Waals surface area (Å²) in [4.78, 5) is 35.9. The van der Waals surface area contributed by atoms with E-state index in [1.807, 2.05) is 0 Å². The van der Waals surface area contributed by atoms with E-state index in [4.69, 9.17) is 0 Å². The Bertz CT molecular complexity index is 504. The first-order valence-corrected chi connectivity index (χ1v) is 6.70. The Morgan fingerprint density at radius 3 is 2.79 bits per heavy atom. The maximum atomic E-state index is 11.5. The summed E-state index contributed by atoms with van der Waals surface area (Å²) >= 11 is 0. The van der Waals surface area contributed by atoms with Crippen molar-refractivity contribution in [1.82, 2.24) is 14.9 Å². The third kappa shape index (κ3) is 6.03. The Balaban J connectivity index is 2.26. The maximum Gasteiger partial charge on any atom is 0.328 e. The summed E-state index contributed by atoms with van der Waals surface area (Å²) in [6.07, 6.45) is 6.09. The van der Waals surface area contributed by atoms with Gasteiger partial charge in [-0.1, -0.05) is 26.2 Å². The van der Waals surface area contributed by atoms with E-state index >= 15 is 0 Å². The van der Waals surface area contributed by atoms with Crippen molar-refractivity contribution in [3.63, 3.8) is 0 Å². The van der Waals surface area contributed by atoms with Gasteiger partial charge in [0.25, 0.3) is 5.56 Å². The topological polar surface area (TPSA) is 84.0 Å². The van der Waals surface area contributed by atoms with Gasteiger partial charge in [-0.2, -0.15) is 0 Å². The molecule has 106 valence electrons. The van der Waals surface area contributed by atoms with Gasteiger partial charge in [0.15, 0.2) is 0 Å². The molecule has 0 bridgehead atoms. The van der Waals surface area contributed by atoms with Gasteiger partial charge in [-0.15, -0.1) is 0 Å². The summed E-state index contributed by atoms with van der Waals surface area (Å²) in [6.45, 7) is 3.09. The lowest BCUT2D eigenvalue weighted by atomic mass is 10.2. The first kappa shape index (κ1) is 15.2. The van der Waals surface area contributed by atoms with Gasteiger partial charge >= 0.3 is 5.69 Å². The number of amides is 1. The van der Waals surface area contributed by atoms with Crippen molar-refractivity contribution in [3.8, 4) is 0 Å². The van der Waals surface area contributed by atoms with Crippen molar-refractivity contribution < 1.29 is 4.79 Å². The van der Waals surface area contributed by atoms with Crippen molar-refractivity contribution in [2.75, 3.05) is 6.54 Å². The third-order valence-electron chi connectivity index (χ3n) is 2.83. The molecule has 1 aromatic rings. The zero-order valence-electron chi connectivity index (χ0n) is 11.3. The lowest BCUT2D eigenvalue weighted by Crippen LogP contribution is -2.31. The van der Waals surface area contributed by atoms with E-state index < -0.39 is 11.2 Å². The van der Waals surface area contributed by atoms with Crippen molar-refractivity contribution >= 4 is 5.91 Å². The fourth-order valence-corrected chi connectivity index (χ4v) is 1.71. The Morgan fingerprint density at radius 2 is 2.11 bits per heavy atom. The zero-order chi connectivity index (χ0) is 14.1. The lowest BCUT2D eigenvalue weighted by Gasteiger charge is -2.06. The van der Waals surface area contributed by atoms with Gasteiger partial charge in [0.1, 0.15) is 0 Å². The predicted octanol–water partition coefficient (Wildman–Crippen LogP) is 0.623. The number of unbranched alkanes of at least 4 members (excludes halogenated alkanes) is 3. The van der Waals surface area contributed by atoms with Crippen molar-refractivity contribution in [2.24, 2.45) is 0 Å². The van der Waals surface area contributed by atoms with Crippen LogP contribution >= 0.6 is 0 Å². The molecule has 0 aliphatic carbocycles. The number of carbonyl (C=O) groups is 1. The van der Waals surface area contributed by atoms with Gasteiger partial charge in [0.2, 0.25) is 5.91 Å². The fourth-order valence-electron chi connectivity index (χ4n) is 1.71. The molecule has 0 saturated carbocycles. The van der Waals surface area contributed by atoms with Crippen LogP contribution in [0, 0.1) is 0 Å². The van der Waals surface area contributed by atoms with Gasteiger partial charge in [-0.3, -0.25) is 14.6 Å². The minimum atomic E-state index is -0.483. The number of nitrogens with one attached hydrogen (secondary N) is 2. The molecular weight excluding hydrogens is 246 g/mol. The van der Waals surface area contributed by atoms with Crippen molar-refractivity contribution in [3.05, 3.63) is 33.1 Å². The fraction of sp³-hybridized carbons (Fsp3) is 0.615. The average Bonchev–Trinajstić information content (AvgIpc) is 2.37. The summed E-state index contributed by atoms with van der Waals surface area (Å²) in [7, 11) is 0. The highest BCUT2D eigenvalue weighted by Gasteiger charge is 2.02. The van der Waals surface area contributed by atoms with E-state index in [0.717, 1.165) is 12.8 Å². The van der Waals surface area contributed by atoms with E-state index in [9.17, 15) is 14.4 Å². The van der Waals surface area contributed by atoms with Crippen LogP contribution < -0.4 is 16.6 Å². The highest BCUT2D eigenvalue weighted by atomic mass is 16.2. The molecule has 0 saturated heterocycles. The largest absolute Gasteiger partial charge is 0.356 e. The van der Waals surface area contributed by atoms with Crippen LogP contribution in [-0.4, -0.2) is 22.0 Å². The quantitative estimate of drug-likeness (QED) is 0.677. The van der Waals surface area contributed by atoms with E-state index in [1.54, 1.807) is 0 Å². The second-order valence-electron chi connectivity index (χ2n) is 4.46. The lowest BCUT2D eigenvalue weighted by molar-refractivity contribution is -0.121. The van der Waals surface area contributed by atoms with E-state index in [-0.39, 0.29) is 18.9 Å². The molecule has 6 nitrogen and oxygen atoms in total. The second-order valence-corrected chi connectivity index (χ2v) is 4.46. The van der Waals surface area contributed by atoms with Gasteiger partial charge in [-0.25, -0.2) is 4.79 Å². The molecule has 0 aliphatic rings. The molecular formula is C13H21N3O3. The van der Waals surface area contributed by atoms with Crippen LogP contribution in [-0.2, 0) is 11.3 Å². The highest BCUT2D eigenvalue weighted by molar-refractivity contribution is 5.75. The van der Waals surface area contributed by atoms with E-state index in [0.29, 0.717) is 6.54 Å². The number of hydrogen-bond donors (Lipinski definition) is 2. The number of carbonyl (C=O) groups excluding carboxylic acids is 1. The van der Waals surface area contributed by atoms with Crippen molar-refractivity contribution in [1.29, 1.82) is 0 Å². The zero-order valence-corrected chi connectivity index (χ0v) is 11.3. The molecule has 2 N–H and O–H groups in total. The standard InChI is InChI=1S/C13H21N3O3/c1-2-3-4-5-8-14-11(17)6-9-16-10-7-12(18)15-13(16)19/h7,10H,2-6,8-9H2,1H3,(H,14,17)(H,15,18,19). The van der Waals surface area contributed by atoms with Crippen LogP contribution in [0.25, 0.3) is 0 Å². The Morgan fingerprint density at radius 1 is 1.32 bits per heavy atom. The molecule has 1 rings (SSSR count). The van der Waals surface area contributed by atoms with Crippen LogP contribution in [0.3, 0.4) is 0 Å². The Labute approximate surface area is 111 Å². The summed E-state index contributed by atoms with van der Waals surface area (Å²) in [6, 6.07) is 1.27. The predicted molar refractivity (Wildman–Crippen MR) is 73.1 cm³/mol. The monoisotopic (exact) mass is 267 g/mol. The SMILES string of the molecule is CCCCCCNC(=O)CCn1ccc(=O)[nH]c1=O. The number of nitrogens with zero attached hydrogens (tertiary/aromatic N) is 1. The first-order valence-electron chi connectivity index (χ1n) is 6.70. The first-order chi connectivity index (χ1) is 9.13. The summed E-state index contributed by atoms with van der Waals surface area (Å²) in [5, 5.41) is 2.82. The van der Waals surface area contributed by atoms with E-state index in [1.165, 1.54) is 29.7 Å². The van der Waals surface area contributed by atoms with Gasteiger partial charge in [-0.05, 0) is 6.42 Å². The molecule has 0 fully saturated rings. The smallest absolute Gasteiger partial charge is 0.328 e. The van der Waals surface area contributed by atoms with Gasteiger partial charge < -0.3 is 9.88 Å². The minimum Gasteiger partial charge on any atom is -0.356 e. The number of aromatic nitrogens is 2. The molecule has 0 radical (unpaired) electrons. The van der Waals surface area contributed by atoms with Gasteiger partial charge in [0, 0.05) is 31.8 Å². The normalized spacial score (nSPS) is 10.4. The summed E-state index contributed by atoms with van der Waals surface area (Å²) in [5.41, 5.74) is -0.912. The Kier molecular flexibility index (Phi) is 6.63. The molecule has 0 aromatic carbocycles. The minimum absolute atomic E-state index is 0.0744. The highest BCUT2D eigenvalue weighted by Crippen LogP contribution is 1.97. The van der Waals surface area contributed by atoms with Crippen LogP contribution in [0.2, 0.25) is 0 Å². The van der Waals surface area contributed by atoms with E-state index in [2.05, 4.69) is 17.2 Å². The molecule has 0 unspecified atom stereocenters. The molecule has 1 amide bonds. The maximum absolute atomic E-state index is 11.5. The number of rotatable bonds is 8. The molecule has 0 atom stereocenters. The second kappa shape index (κ2) is 8.29. The number of H-pyrrole nitrogens is 1. The molecule has 1 aromatic heterocycles. The number of hydrogen-bond acceptors (Lipinski definition) is 3. The number of aryl methyl sites for hydroxylation is 1. The van der Waals surface area contributed by atoms with Crippen LogP contribution in [0.4, 0.5) is 0 Å². The molecule has 0 aliphatic heterocycles. The Hall–Kier alpha value is -1.85. The van der Waals surface area contributed by atoms with Crippen molar-refractivity contribution in [2.45, 2.75) is 45.6 Å². The van der Waals surface area contributed by atoms with Crippen LogP contribution in [0.5, 0.6) is 0 Å². The molecule has 1 heterocycles. The molecule has 19 heavy (non-hydrogen) atoms. The van der Waals surface area contributed by atoms with Crippen LogP contribution in [0.1, 0.15) is 39.0 Å². The average molecular weight is 267 g/mol. The summed E-state index contributed by atoms with van der Waals surface area (Å²) < 4.78 is 1.32. The van der Waals surface area contributed by atoms with Crippen LogP contribution in [0.15, 0.2) is 21.9 Å². The third-order valence-corrected chi connectivity index (χ3v) is 2.83. The number of aromatic amines is 1. The summed E-state index contributed by atoms with van der Waals surface area (Å²) in [5.74, 6) is -0.0744. The molecule has 6 heteroatoms.